The smallest absolute Gasteiger partial charge is 0.326 e. The van der Waals surface area contributed by atoms with Crippen LogP contribution >= 0.6 is 11.6 Å². The first kappa shape index (κ1) is 18.6. The Labute approximate surface area is 148 Å². The normalized spacial score (nSPS) is 10.8. The standard InChI is InChI=1S/C14H14ClN5O4S/c1-8-5-6-16-13(17-8)19-14(22)20-25(23,24)12-7-10(18-9(2)21)3-4-11(12)15/h3-7H,1-2H3,(H,18,21)(H2,16,17,19,20,22). The van der Waals surface area contributed by atoms with E-state index < -0.39 is 16.1 Å². The Bertz CT molecular complexity index is 933. The van der Waals surface area contributed by atoms with Crippen LogP contribution in [0.3, 0.4) is 0 Å². The van der Waals surface area contributed by atoms with Gasteiger partial charge in [-0.05, 0) is 31.2 Å². The monoisotopic (exact) mass is 383 g/mol. The number of aryl methyl sites for hydroxylation is 1. The molecule has 0 unspecified atom stereocenters. The van der Waals surface area contributed by atoms with E-state index in [0.29, 0.717) is 5.69 Å². The van der Waals surface area contributed by atoms with Gasteiger partial charge >= 0.3 is 6.03 Å². The summed E-state index contributed by atoms with van der Waals surface area (Å²) in [5.41, 5.74) is 0.818. The molecule has 3 amide bonds. The Kier molecular flexibility index (Phi) is 5.55. The lowest BCUT2D eigenvalue weighted by Crippen LogP contribution is -2.35. The number of amides is 3. The molecule has 3 N–H and O–H groups in total. The summed E-state index contributed by atoms with van der Waals surface area (Å²) in [6.45, 7) is 2.96. The van der Waals surface area contributed by atoms with E-state index in [9.17, 15) is 18.0 Å². The maximum absolute atomic E-state index is 12.3. The van der Waals surface area contributed by atoms with Gasteiger partial charge in [0.2, 0.25) is 11.9 Å². The van der Waals surface area contributed by atoms with Crippen LogP contribution in [0.5, 0.6) is 0 Å². The van der Waals surface area contributed by atoms with Gasteiger partial charge in [-0.2, -0.15) is 0 Å². The molecule has 0 aliphatic carbocycles. The molecular weight excluding hydrogens is 370 g/mol. The number of hydrogen-bond acceptors (Lipinski definition) is 6. The van der Waals surface area contributed by atoms with Gasteiger partial charge in [-0.3, -0.25) is 10.1 Å². The fraction of sp³-hybridized carbons (Fsp3) is 0.143. The van der Waals surface area contributed by atoms with Crippen LogP contribution in [-0.4, -0.2) is 30.3 Å². The van der Waals surface area contributed by atoms with Gasteiger partial charge in [0, 0.05) is 24.5 Å². The molecule has 132 valence electrons. The average Bonchev–Trinajstić information content (AvgIpc) is 2.47. The van der Waals surface area contributed by atoms with Crippen molar-refractivity contribution in [2.24, 2.45) is 0 Å². The number of sulfonamides is 1. The molecule has 9 nitrogen and oxygen atoms in total. The van der Waals surface area contributed by atoms with E-state index >= 15 is 0 Å². The second kappa shape index (κ2) is 7.45. The van der Waals surface area contributed by atoms with Gasteiger partial charge < -0.3 is 5.32 Å². The third kappa shape index (κ3) is 5.13. The van der Waals surface area contributed by atoms with E-state index in [-0.39, 0.29) is 27.5 Å². The first-order chi connectivity index (χ1) is 11.7. The molecule has 0 saturated heterocycles. The molecular formula is C14H14ClN5O4S. The van der Waals surface area contributed by atoms with E-state index in [4.69, 9.17) is 11.6 Å². The number of carbonyl (C=O) groups is 2. The zero-order valence-corrected chi connectivity index (χ0v) is 14.8. The second-order valence-corrected chi connectivity index (χ2v) is 6.97. The maximum atomic E-state index is 12.3. The Morgan fingerprint density at radius 2 is 1.88 bits per heavy atom. The van der Waals surface area contributed by atoms with Gasteiger partial charge in [-0.1, -0.05) is 11.6 Å². The summed E-state index contributed by atoms with van der Waals surface area (Å²) in [4.78, 5) is 30.3. The quantitative estimate of drug-likeness (QED) is 0.739. The first-order valence-electron chi connectivity index (χ1n) is 6.88. The number of halogens is 1. The van der Waals surface area contributed by atoms with Crippen molar-refractivity contribution in [2.45, 2.75) is 18.7 Å². The highest BCUT2D eigenvalue weighted by Crippen LogP contribution is 2.25. The summed E-state index contributed by atoms with van der Waals surface area (Å²) in [5, 5.41) is 4.53. The number of anilines is 2. The van der Waals surface area contributed by atoms with Crippen molar-refractivity contribution >= 4 is 45.2 Å². The predicted octanol–water partition coefficient (Wildman–Crippen LogP) is 1.91. The van der Waals surface area contributed by atoms with E-state index in [1.165, 1.54) is 25.3 Å². The largest absolute Gasteiger partial charge is 0.335 e. The Balaban J connectivity index is 2.20. The summed E-state index contributed by atoms with van der Waals surface area (Å²) < 4.78 is 26.5. The molecule has 0 saturated carbocycles. The highest BCUT2D eigenvalue weighted by molar-refractivity contribution is 7.90. The van der Waals surface area contributed by atoms with Crippen molar-refractivity contribution in [3.05, 3.63) is 41.2 Å². The van der Waals surface area contributed by atoms with Gasteiger partial charge in [-0.25, -0.2) is 27.9 Å². The minimum absolute atomic E-state index is 0.0502. The van der Waals surface area contributed by atoms with Gasteiger partial charge in [0.25, 0.3) is 10.0 Å². The van der Waals surface area contributed by atoms with Crippen LogP contribution in [-0.2, 0) is 14.8 Å². The Hall–Kier alpha value is -2.72. The van der Waals surface area contributed by atoms with E-state index in [2.05, 4.69) is 20.6 Å². The molecule has 0 atom stereocenters. The van der Waals surface area contributed by atoms with Crippen molar-refractivity contribution in [3.63, 3.8) is 0 Å². The molecule has 1 heterocycles. The van der Waals surface area contributed by atoms with Crippen LogP contribution in [0.1, 0.15) is 12.6 Å². The van der Waals surface area contributed by atoms with Crippen LogP contribution < -0.4 is 15.4 Å². The van der Waals surface area contributed by atoms with Crippen LogP contribution in [0.15, 0.2) is 35.4 Å². The minimum atomic E-state index is -4.28. The molecule has 11 heteroatoms. The van der Waals surface area contributed by atoms with Gasteiger partial charge in [0.15, 0.2) is 0 Å². The molecule has 2 aromatic rings. The zero-order chi connectivity index (χ0) is 18.6. The highest BCUT2D eigenvalue weighted by atomic mass is 35.5. The molecule has 0 aliphatic heterocycles. The molecule has 0 bridgehead atoms. The van der Waals surface area contributed by atoms with E-state index in [0.717, 1.165) is 6.07 Å². The third-order valence-corrected chi connectivity index (χ3v) is 4.60. The number of urea groups is 1. The average molecular weight is 384 g/mol. The van der Waals surface area contributed by atoms with Crippen molar-refractivity contribution in [1.29, 1.82) is 0 Å². The van der Waals surface area contributed by atoms with Crippen LogP contribution in [0.25, 0.3) is 0 Å². The van der Waals surface area contributed by atoms with E-state index in [1.54, 1.807) is 17.7 Å². The summed E-state index contributed by atoms with van der Waals surface area (Å²) in [5.74, 6) is -0.432. The van der Waals surface area contributed by atoms with Crippen molar-refractivity contribution in [2.75, 3.05) is 10.6 Å². The fourth-order valence-corrected chi connectivity index (χ4v) is 3.24. The van der Waals surface area contributed by atoms with Crippen LogP contribution in [0.2, 0.25) is 5.02 Å². The minimum Gasteiger partial charge on any atom is -0.326 e. The highest BCUT2D eigenvalue weighted by Gasteiger charge is 2.22. The molecule has 1 aromatic carbocycles. The number of aromatic nitrogens is 2. The third-order valence-electron chi connectivity index (χ3n) is 2.79. The van der Waals surface area contributed by atoms with Gasteiger partial charge in [-0.15, -0.1) is 0 Å². The maximum Gasteiger partial charge on any atom is 0.335 e. The predicted molar refractivity (Wildman–Crippen MR) is 91.9 cm³/mol. The SMILES string of the molecule is CC(=O)Nc1ccc(Cl)c(S(=O)(=O)NC(=O)Nc2nccc(C)n2)c1. The lowest BCUT2D eigenvalue weighted by molar-refractivity contribution is -0.114. The van der Waals surface area contributed by atoms with E-state index in [1.807, 2.05) is 0 Å². The zero-order valence-electron chi connectivity index (χ0n) is 13.2. The number of nitrogens with one attached hydrogen (secondary N) is 3. The molecule has 0 radical (unpaired) electrons. The Morgan fingerprint density at radius 1 is 1.16 bits per heavy atom. The fourth-order valence-electron chi connectivity index (χ4n) is 1.80. The lowest BCUT2D eigenvalue weighted by atomic mass is 10.3. The summed E-state index contributed by atoms with van der Waals surface area (Å²) >= 11 is 5.89. The second-order valence-electron chi connectivity index (χ2n) is 4.91. The van der Waals surface area contributed by atoms with Crippen molar-refractivity contribution in [3.8, 4) is 0 Å². The molecule has 0 spiro atoms. The number of hydrogen-bond donors (Lipinski definition) is 3. The number of benzene rings is 1. The summed E-state index contributed by atoms with van der Waals surface area (Å²) in [6.07, 6.45) is 1.42. The first-order valence-corrected chi connectivity index (χ1v) is 8.74. The van der Waals surface area contributed by atoms with Crippen LogP contribution in [0.4, 0.5) is 16.4 Å². The van der Waals surface area contributed by atoms with Crippen LogP contribution in [0, 0.1) is 6.92 Å². The number of nitrogens with zero attached hydrogens (tertiary/aromatic N) is 2. The van der Waals surface area contributed by atoms with Gasteiger partial charge in [0.05, 0.1) is 5.02 Å². The molecule has 0 fully saturated rings. The summed E-state index contributed by atoms with van der Waals surface area (Å²) in [6, 6.07) is 4.44. The molecule has 2 rings (SSSR count). The Morgan fingerprint density at radius 3 is 2.52 bits per heavy atom. The van der Waals surface area contributed by atoms with Crippen molar-refractivity contribution in [1.82, 2.24) is 14.7 Å². The topological polar surface area (TPSA) is 130 Å². The summed E-state index contributed by atoms with van der Waals surface area (Å²) in [7, 11) is -4.28. The number of rotatable bonds is 4. The molecule has 1 aromatic heterocycles. The lowest BCUT2D eigenvalue weighted by Gasteiger charge is -2.11. The molecule has 25 heavy (non-hydrogen) atoms. The van der Waals surface area contributed by atoms with Crippen molar-refractivity contribution < 1.29 is 18.0 Å². The van der Waals surface area contributed by atoms with Gasteiger partial charge in [0.1, 0.15) is 4.90 Å². The number of carbonyl (C=O) groups excluding carboxylic acids is 2. The molecule has 0 aliphatic rings.